The number of ether oxygens (including phenoxy) is 1. The first kappa shape index (κ1) is 26.7. The van der Waals surface area contributed by atoms with Crippen LogP contribution in [-0.2, 0) is 14.3 Å². The summed E-state index contributed by atoms with van der Waals surface area (Å²) in [7, 11) is 0. The molecule has 0 fully saturated rings. The number of hydrogen-bond donors (Lipinski definition) is 9. The van der Waals surface area contributed by atoms with Gasteiger partial charge in [0.25, 0.3) is 0 Å². The summed E-state index contributed by atoms with van der Waals surface area (Å²) in [4.78, 5) is 43.8. The minimum atomic E-state index is -2.81. The Morgan fingerprint density at radius 2 is 2.03 bits per heavy atom. The van der Waals surface area contributed by atoms with Crippen LogP contribution in [0.5, 0.6) is 0 Å². The van der Waals surface area contributed by atoms with Crippen LogP contribution in [0.15, 0.2) is 34.2 Å². The number of rotatable bonds is 10. The fraction of sp³-hybridized carbons (Fsp3) is 0.500. The van der Waals surface area contributed by atoms with Crippen molar-refractivity contribution in [3.05, 3.63) is 34.9 Å². The van der Waals surface area contributed by atoms with E-state index in [4.69, 9.17) is 32.8 Å². The van der Waals surface area contributed by atoms with Crippen molar-refractivity contribution in [2.45, 2.75) is 42.5 Å². The summed E-state index contributed by atoms with van der Waals surface area (Å²) in [5.74, 6) is -3.10. The van der Waals surface area contributed by atoms with E-state index in [1.807, 2.05) is 0 Å². The number of carboxylic acids is 1. The number of guanidine groups is 1. The van der Waals surface area contributed by atoms with Gasteiger partial charge in [0.1, 0.15) is 18.0 Å². The predicted octanol–water partition coefficient (Wildman–Crippen LogP) is -5.08. The van der Waals surface area contributed by atoms with Crippen LogP contribution in [0.25, 0.3) is 0 Å². The number of nitrogens with one attached hydrogen (secondary N) is 1. The van der Waals surface area contributed by atoms with Crippen molar-refractivity contribution in [2.75, 3.05) is 18.9 Å². The van der Waals surface area contributed by atoms with Gasteiger partial charge in [-0.15, -0.1) is 0 Å². The number of hydrogen-bond acceptors (Lipinski definition) is 11. The van der Waals surface area contributed by atoms with Crippen LogP contribution in [0.4, 0.5) is 5.82 Å². The summed E-state index contributed by atoms with van der Waals surface area (Å²) >= 11 is 0. The predicted molar refractivity (Wildman–Crippen MR) is 117 cm³/mol. The zero-order valence-corrected chi connectivity index (χ0v) is 17.9. The molecule has 1 amide bonds. The van der Waals surface area contributed by atoms with Gasteiger partial charge in [-0.2, -0.15) is 4.98 Å². The number of carboxylic acid groups (broad SMARTS) is 1. The van der Waals surface area contributed by atoms with Crippen molar-refractivity contribution in [1.82, 2.24) is 14.9 Å². The molecule has 6 unspecified atom stereocenters. The van der Waals surface area contributed by atoms with Crippen molar-refractivity contribution in [1.29, 1.82) is 0 Å². The highest BCUT2D eigenvalue weighted by atomic mass is 16.5. The normalized spacial score (nSPS) is 23.4. The molecule has 1 aliphatic heterocycles. The van der Waals surface area contributed by atoms with E-state index in [9.17, 15) is 29.7 Å². The van der Waals surface area contributed by atoms with Crippen molar-refractivity contribution < 1.29 is 34.8 Å². The Bertz CT molecular complexity index is 1010. The molecule has 13 N–H and O–H groups in total. The van der Waals surface area contributed by atoms with Gasteiger partial charge >= 0.3 is 11.7 Å². The van der Waals surface area contributed by atoms with Crippen LogP contribution >= 0.6 is 0 Å². The Morgan fingerprint density at radius 3 is 2.59 bits per heavy atom. The molecule has 0 aromatic carbocycles. The lowest BCUT2D eigenvalue weighted by atomic mass is 9.84. The molecule has 16 nitrogen and oxygen atoms in total. The summed E-state index contributed by atoms with van der Waals surface area (Å²) in [6.45, 7) is -1.14. The molecule has 0 saturated carbocycles. The Kier molecular flexibility index (Phi) is 8.66. The standard InChI is InChI=1S/C18H28N8O8/c19-9(7-27)14(29)24-10-1-2-12(26-4-3-11(20)25-17(26)32)34-13(10)18(33,15(30)31)5-8(28)6-23-16(21)22/h1-4,8-10,12-13,27-28,33H,5-7,19H2,(H,24,29)(H,30,31)(H2,20,25,32)(H4,21,22,23). The van der Waals surface area contributed by atoms with Gasteiger partial charge in [0.15, 0.2) is 17.8 Å². The zero-order valence-electron chi connectivity index (χ0n) is 17.9. The maximum atomic E-state index is 12.2. The maximum absolute atomic E-state index is 12.2. The van der Waals surface area contributed by atoms with E-state index in [1.165, 1.54) is 24.4 Å². The smallest absolute Gasteiger partial charge is 0.351 e. The third kappa shape index (κ3) is 6.27. The Hall–Kier alpha value is -3.57. The minimum Gasteiger partial charge on any atom is -0.479 e. The molecule has 2 heterocycles. The monoisotopic (exact) mass is 484 g/mol. The molecule has 1 aromatic rings. The van der Waals surface area contributed by atoms with Gasteiger partial charge in [-0.25, -0.2) is 9.59 Å². The number of aliphatic hydroxyl groups is 3. The fourth-order valence-corrected chi connectivity index (χ4v) is 3.22. The summed E-state index contributed by atoms with van der Waals surface area (Å²) in [5, 5.41) is 42.7. The SMILES string of the molecule is NC(N)=NCC(O)CC(O)(C(=O)O)C1OC(n2ccc(N)nc2=O)C=CC1NC(=O)C(N)CO. The Labute approximate surface area is 192 Å². The van der Waals surface area contributed by atoms with Gasteiger partial charge in [0.05, 0.1) is 25.3 Å². The van der Waals surface area contributed by atoms with Gasteiger partial charge in [0, 0.05) is 12.6 Å². The molecule has 2 rings (SSSR count). The quantitative estimate of drug-likeness (QED) is 0.0854. The Morgan fingerprint density at radius 1 is 1.35 bits per heavy atom. The molecule has 34 heavy (non-hydrogen) atoms. The largest absolute Gasteiger partial charge is 0.479 e. The number of anilines is 1. The fourth-order valence-electron chi connectivity index (χ4n) is 3.22. The topological polar surface area (TPSA) is 288 Å². The zero-order chi connectivity index (χ0) is 25.6. The number of nitrogen functional groups attached to an aromatic ring is 1. The van der Waals surface area contributed by atoms with Crippen LogP contribution in [0.2, 0.25) is 0 Å². The molecule has 188 valence electrons. The molecule has 0 saturated heterocycles. The number of carbonyl (C=O) groups excluding carboxylic acids is 1. The lowest BCUT2D eigenvalue weighted by Crippen LogP contribution is -2.63. The van der Waals surface area contributed by atoms with Gasteiger partial charge in [-0.3, -0.25) is 14.4 Å². The Balaban J connectivity index is 2.46. The molecule has 0 aliphatic carbocycles. The number of aromatic nitrogens is 2. The third-order valence-corrected chi connectivity index (χ3v) is 4.94. The molecular weight excluding hydrogens is 456 g/mol. The molecule has 0 radical (unpaired) electrons. The highest BCUT2D eigenvalue weighted by molar-refractivity contribution is 5.83. The number of aliphatic carboxylic acids is 1. The second-order valence-electron chi connectivity index (χ2n) is 7.55. The van der Waals surface area contributed by atoms with E-state index >= 15 is 0 Å². The van der Waals surface area contributed by atoms with Crippen LogP contribution in [0.3, 0.4) is 0 Å². The van der Waals surface area contributed by atoms with E-state index in [0.29, 0.717) is 0 Å². The first-order chi connectivity index (χ1) is 15.9. The lowest BCUT2D eigenvalue weighted by Gasteiger charge is -2.41. The van der Waals surface area contributed by atoms with Gasteiger partial charge < -0.3 is 53.4 Å². The molecule has 0 bridgehead atoms. The van der Waals surface area contributed by atoms with Crippen molar-refractivity contribution >= 4 is 23.7 Å². The average Bonchev–Trinajstić information content (AvgIpc) is 2.77. The van der Waals surface area contributed by atoms with Crippen LogP contribution in [0.1, 0.15) is 12.6 Å². The van der Waals surface area contributed by atoms with Gasteiger partial charge in [-0.1, -0.05) is 6.08 Å². The van der Waals surface area contributed by atoms with E-state index in [1.54, 1.807) is 0 Å². The van der Waals surface area contributed by atoms with Gasteiger partial charge in [0.2, 0.25) is 5.91 Å². The van der Waals surface area contributed by atoms with Crippen LogP contribution in [0, 0.1) is 0 Å². The van der Waals surface area contributed by atoms with Crippen LogP contribution in [-0.4, -0.2) is 90.9 Å². The van der Waals surface area contributed by atoms with Gasteiger partial charge in [-0.05, 0) is 12.1 Å². The first-order valence-electron chi connectivity index (χ1n) is 9.93. The summed E-state index contributed by atoms with van der Waals surface area (Å²) in [6.07, 6.45) is -1.54. The van der Waals surface area contributed by atoms with Crippen molar-refractivity contribution in [3.63, 3.8) is 0 Å². The molecule has 1 aromatic heterocycles. The minimum absolute atomic E-state index is 0.0642. The van der Waals surface area contributed by atoms with E-state index in [2.05, 4.69) is 15.3 Å². The molecular formula is C18H28N8O8. The summed E-state index contributed by atoms with van der Waals surface area (Å²) in [5.41, 5.74) is 17.8. The molecule has 0 spiro atoms. The van der Waals surface area contributed by atoms with E-state index < -0.39 is 73.3 Å². The van der Waals surface area contributed by atoms with Crippen molar-refractivity contribution in [2.24, 2.45) is 22.2 Å². The molecule has 1 aliphatic rings. The third-order valence-electron chi connectivity index (χ3n) is 4.94. The molecule has 16 heteroatoms. The lowest BCUT2D eigenvalue weighted by molar-refractivity contribution is -0.197. The second-order valence-corrected chi connectivity index (χ2v) is 7.55. The summed E-state index contributed by atoms with van der Waals surface area (Å²) < 4.78 is 6.69. The second kappa shape index (κ2) is 11.0. The average molecular weight is 484 g/mol. The highest BCUT2D eigenvalue weighted by Gasteiger charge is 2.52. The number of aliphatic imine (C=N–C) groups is 1. The number of nitrogens with two attached hydrogens (primary N) is 4. The summed E-state index contributed by atoms with van der Waals surface area (Å²) in [6, 6.07) is -1.35. The van der Waals surface area contributed by atoms with Crippen LogP contribution < -0.4 is 33.9 Å². The highest BCUT2D eigenvalue weighted by Crippen LogP contribution is 2.31. The number of amides is 1. The number of nitrogens with zero attached hydrogens (tertiary/aromatic N) is 3. The molecule has 6 atom stereocenters. The van der Waals surface area contributed by atoms with E-state index in [-0.39, 0.29) is 11.8 Å². The maximum Gasteiger partial charge on any atom is 0.351 e. The van der Waals surface area contributed by atoms with Crippen molar-refractivity contribution in [3.8, 4) is 0 Å². The first-order valence-corrected chi connectivity index (χ1v) is 9.93. The number of carbonyl (C=O) groups is 2. The number of aliphatic hydroxyl groups excluding tert-OH is 2. The van der Waals surface area contributed by atoms with E-state index in [0.717, 1.165) is 4.57 Å².